The highest BCUT2D eigenvalue weighted by Gasteiger charge is 2.10. The summed E-state index contributed by atoms with van der Waals surface area (Å²) in [6, 6.07) is 8.00. The summed E-state index contributed by atoms with van der Waals surface area (Å²) in [6.07, 6.45) is 4.82. The van der Waals surface area contributed by atoms with Gasteiger partial charge in [0.1, 0.15) is 12.4 Å². The van der Waals surface area contributed by atoms with Crippen molar-refractivity contribution in [3.63, 3.8) is 0 Å². The summed E-state index contributed by atoms with van der Waals surface area (Å²) in [7, 11) is 0. The molecule has 0 spiro atoms. The van der Waals surface area contributed by atoms with E-state index in [9.17, 15) is 4.39 Å². The van der Waals surface area contributed by atoms with E-state index < -0.39 is 0 Å². The van der Waals surface area contributed by atoms with E-state index in [-0.39, 0.29) is 6.61 Å². The molecule has 0 saturated carbocycles. The van der Waals surface area contributed by atoms with Crippen molar-refractivity contribution in [2.45, 2.75) is 25.7 Å². The molecule has 2 N–H and O–H groups in total. The molecular weight excluding hydrogens is 255 g/mol. The number of benzene rings is 1. The molecule has 0 amide bonds. The Hall–Kier alpha value is -1.55. The van der Waals surface area contributed by atoms with Crippen molar-refractivity contribution in [2.75, 3.05) is 24.6 Å². The average molecular weight is 277 g/mol. The van der Waals surface area contributed by atoms with Crippen molar-refractivity contribution in [3.05, 3.63) is 42.7 Å². The van der Waals surface area contributed by atoms with Gasteiger partial charge in [0, 0.05) is 25.3 Å². The van der Waals surface area contributed by atoms with Gasteiger partial charge in [0.25, 0.3) is 0 Å². The minimum Gasteiger partial charge on any atom is -0.489 e. The number of nitrogens with two attached hydrogens (primary N) is 1. The standard InChI is InChI=1S/C16H22FN2O/c17-12-14(8-9-18)13-20-16-6-4-15(5-7-16)19-10-2-1-3-11-19/h4-7,9,12H,1-3,8,10-11,13,18H2/b14-12+. The molecule has 109 valence electrons. The van der Waals surface area contributed by atoms with E-state index in [1.54, 1.807) is 0 Å². The lowest BCUT2D eigenvalue weighted by Gasteiger charge is -2.28. The van der Waals surface area contributed by atoms with Crippen LogP contribution in [0.5, 0.6) is 5.75 Å². The molecule has 0 aromatic heterocycles. The Morgan fingerprint density at radius 1 is 1.20 bits per heavy atom. The molecular formula is C16H22FN2O. The predicted octanol–water partition coefficient (Wildman–Crippen LogP) is 3.42. The molecule has 4 heteroatoms. The monoisotopic (exact) mass is 277 g/mol. The Morgan fingerprint density at radius 2 is 1.90 bits per heavy atom. The zero-order valence-electron chi connectivity index (χ0n) is 11.7. The van der Waals surface area contributed by atoms with E-state index in [0.717, 1.165) is 18.8 Å². The lowest BCUT2D eigenvalue weighted by atomic mass is 10.1. The molecule has 1 aliphatic heterocycles. The number of ether oxygens (including phenoxy) is 1. The van der Waals surface area contributed by atoms with Crippen LogP contribution in [-0.2, 0) is 0 Å². The van der Waals surface area contributed by atoms with Gasteiger partial charge >= 0.3 is 0 Å². The molecule has 1 fully saturated rings. The third kappa shape index (κ3) is 4.23. The Labute approximate surface area is 120 Å². The molecule has 1 saturated heterocycles. The van der Waals surface area contributed by atoms with Gasteiger partial charge in [0.15, 0.2) is 0 Å². The molecule has 1 aromatic rings. The Bertz CT molecular complexity index is 425. The van der Waals surface area contributed by atoms with Crippen LogP contribution in [0.2, 0.25) is 0 Å². The van der Waals surface area contributed by atoms with E-state index in [1.807, 2.05) is 12.1 Å². The van der Waals surface area contributed by atoms with Gasteiger partial charge in [-0.25, -0.2) is 4.39 Å². The smallest absolute Gasteiger partial charge is 0.119 e. The first-order valence-electron chi connectivity index (χ1n) is 7.13. The zero-order chi connectivity index (χ0) is 14.2. The minimum atomic E-state index is 0.229. The average Bonchev–Trinajstić information content (AvgIpc) is 2.53. The number of hydrogen-bond donors (Lipinski definition) is 1. The second-order valence-electron chi connectivity index (χ2n) is 5.04. The van der Waals surface area contributed by atoms with Crippen LogP contribution in [-0.4, -0.2) is 19.7 Å². The number of hydrogen-bond acceptors (Lipinski definition) is 3. The van der Waals surface area contributed by atoms with Crippen molar-refractivity contribution in [1.29, 1.82) is 0 Å². The fourth-order valence-corrected chi connectivity index (χ4v) is 2.37. The maximum absolute atomic E-state index is 12.5. The molecule has 1 heterocycles. The Balaban J connectivity index is 1.87. The van der Waals surface area contributed by atoms with Crippen molar-refractivity contribution in [1.82, 2.24) is 0 Å². The summed E-state index contributed by atoms with van der Waals surface area (Å²) >= 11 is 0. The first kappa shape index (κ1) is 14.9. The van der Waals surface area contributed by atoms with E-state index in [1.165, 1.54) is 31.5 Å². The summed E-state index contributed by atoms with van der Waals surface area (Å²) < 4.78 is 18.1. The van der Waals surface area contributed by atoms with Crippen molar-refractivity contribution >= 4 is 5.69 Å². The molecule has 3 nitrogen and oxygen atoms in total. The Kier molecular flexibility index (Phi) is 5.87. The van der Waals surface area contributed by atoms with Gasteiger partial charge in [-0.05, 0) is 55.5 Å². The molecule has 1 aliphatic rings. The number of anilines is 1. The van der Waals surface area contributed by atoms with Crippen molar-refractivity contribution < 1.29 is 9.13 Å². The number of piperidine rings is 1. The molecule has 0 atom stereocenters. The maximum atomic E-state index is 12.5. The lowest BCUT2D eigenvalue weighted by molar-refractivity contribution is 0.346. The van der Waals surface area contributed by atoms with Crippen LogP contribution in [0, 0.1) is 6.54 Å². The number of nitrogens with zero attached hydrogens (tertiary/aromatic N) is 1. The summed E-state index contributed by atoms with van der Waals surface area (Å²) in [4.78, 5) is 2.39. The van der Waals surface area contributed by atoms with Crippen molar-refractivity contribution in [2.24, 2.45) is 5.73 Å². The second-order valence-corrected chi connectivity index (χ2v) is 5.04. The molecule has 1 radical (unpaired) electrons. The van der Waals surface area contributed by atoms with Gasteiger partial charge < -0.3 is 15.4 Å². The fourth-order valence-electron chi connectivity index (χ4n) is 2.37. The summed E-state index contributed by atoms with van der Waals surface area (Å²) in [6.45, 7) is 3.91. The lowest BCUT2D eigenvalue weighted by Crippen LogP contribution is -2.29. The van der Waals surface area contributed by atoms with Crippen LogP contribution in [0.4, 0.5) is 10.1 Å². The first-order valence-corrected chi connectivity index (χ1v) is 7.13. The summed E-state index contributed by atoms with van der Waals surface area (Å²) in [5.41, 5.74) is 7.05. The van der Waals surface area contributed by atoms with Gasteiger partial charge in [-0.3, -0.25) is 0 Å². The van der Waals surface area contributed by atoms with Crippen molar-refractivity contribution in [3.8, 4) is 5.75 Å². The SMILES string of the molecule is N[CH]C/C(=C\F)COc1ccc(N2CCCCC2)cc1. The van der Waals surface area contributed by atoms with E-state index in [2.05, 4.69) is 17.0 Å². The van der Waals surface area contributed by atoms with Gasteiger partial charge in [0.2, 0.25) is 0 Å². The quantitative estimate of drug-likeness (QED) is 0.866. The topological polar surface area (TPSA) is 38.5 Å². The van der Waals surface area contributed by atoms with Crippen LogP contribution < -0.4 is 15.4 Å². The van der Waals surface area contributed by atoms with Crippen LogP contribution in [0.25, 0.3) is 0 Å². The van der Waals surface area contributed by atoms with Crippen LogP contribution >= 0.6 is 0 Å². The normalized spacial score (nSPS) is 16.3. The molecule has 1 aromatic carbocycles. The van der Waals surface area contributed by atoms with E-state index in [4.69, 9.17) is 10.5 Å². The zero-order valence-corrected chi connectivity index (χ0v) is 11.7. The van der Waals surface area contributed by atoms with Gasteiger partial charge in [0.05, 0.1) is 6.33 Å². The molecule has 0 bridgehead atoms. The molecule has 2 rings (SSSR count). The summed E-state index contributed by atoms with van der Waals surface area (Å²) in [5.74, 6) is 0.752. The minimum absolute atomic E-state index is 0.229. The largest absolute Gasteiger partial charge is 0.489 e. The highest BCUT2D eigenvalue weighted by molar-refractivity contribution is 5.49. The van der Waals surface area contributed by atoms with Crippen LogP contribution in [0.15, 0.2) is 36.2 Å². The highest BCUT2D eigenvalue weighted by atomic mass is 19.1. The maximum Gasteiger partial charge on any atom is 0.119 e. The third-order valence-electron chi connectivity index (χ3n) is 3.52. The predicted molar refractivity (Wildman–Crippen MR) is 80.3 cm³/mol. The highest BCUT2D eigenvalue weighted by Crippen LogP contribution is 2.23. The van der Waals surface area contributed by atoms with Gasteiger partial charge in [-0.15, -0.1) is 0 Å². The van der Waals surface area contributed by atoms with E-state index >= 15 is 0 Å². The fraction of sp³-hybridized carbons (Fsp3) is 0.438. The van der Waals surface area contributed by atoms with Gasteiger partial charge in [-0.2, -0.15) is 0 Å². The summed E-state index contributed by atoms with van der Waals surface area (Å²) in [5, 5.41) is 0. The second kappa shape index (κ2) is 7.90. The van der Waals surface area contributed by atoms with Crippen LogP contribution in [0.3, 0.4) is 0 Å². The number of halogens is 1. The first-order chi connectivity index (χ1) is 9.83. The number of rotatable bonds is 6. The molecule has 0 unspecified atom stereocenters. The molecule has 0 aliphatic carbocycles. The molecule has 20 heavy (non-hydrogen) atoms. The van der Waals surface area contributed by atoms with E-state index in [0.29, 0.717) is 18.3 Å². The Morgan fingerprint density at radius 3 is 2.50 bits per heavy atom. The van der Waals surface area contributed by atoms with Gasteiger partial charge in [-0.1, -0.05) is 0 Å². The third-order valence-corrected chi connectivity index (χ3v) is 3.52. The van der Waals surface area contributed by atoms with Crippen LogP contribution in [0.1, 0.15) is 25.7 Å².